The van der Waals surface area contributed by atoms with E-state index in [1.165, 1.54) is 13.0 Å². The summed E-state index contributed by atoms with van der Waals surface area (Å²) in [5, 5.41) is -0.0308. The highest BCUT2D eigenvalue weighted by molar-refractivity contribution is 6.52. The second kappa shape index (κ2) is 5.82. The summed E-state index contributed by atoms with van der Waals surface area (Å²) in [5.74, 6) is -3.05. The second-order valence-corrected chi connectivity index (χ2v) is 6.26. The predicted molar refractivity (Wildman–Crippen MR) is 102 cm³/mol. The fraction of sp³-hybridized carbons (Fsp3) is 0.286. The minimum atomic E-state index is -2.03. The average Bonchev–Trinajstić information content (AvgIpc) is 2.53. The quantitative estimate of drug-likeness (QED) is 0.319. The van der Waals surface area contributed by atoms with Crippen LogP contribution in [0, 0.1) is 6.92 Å². The number of aryl methyl sites for hydroxylation is 1. The van der Waals surface area contributed by atoms with Gasteiger partial charge in [0.1, 0.15) is 27.6 Å². The number of carbonyl (C=O) groups excluding carboxylic acids is 2. The van der Waals surface area contributed by atoms with Crippen LogP contribution in [-0.2, 0) is 9.59 Å². The van der Waals surface area contributed by atoms with Crippen molar-refractivity contribution in [1.29, 1.82) is 0 Å². The number of hydrogen-bond acceptors (Lipinski definition) is 5. The molecule has 0 saturated carbocycles. The molecule has 2 heterocycles. The Morgan fingerprint density at radius 3 is 2.46 bits per heavy atom. The van der Waals surface area contributed by atoms with Gasteiger partial charge in [0, 0.05) is 5.69 Å². The molecule has 2 aromatic rings. The summed E-state index contributed by atoms with van der Waals surface area (Å²) in [6.45, 7) is 1.47. The SMILES string of the molecule is [B]c1cc2nc(C)n(C3C(=O)NC(=O)C([B])C3([B])[B])c(=O)c2c(N)c1[B]. The molecule has 118 valence electrons. The number of anilines is 1. The second-order valence-electron chi connectivity index (χ2n) is 6.26. The van der Waals surface area contributed by atoms with Crippen molar-refractivity contribution >= 4 is 78.6 Å². The lowest BCUT2D eigenvalue weighted by atomic mass is 9.39. The summed E-state index contributed by atoms with van der Waals surface area (Å²) in [7, 11) is 29.2. The van der Waals surface area contributed by atoms with Crippen molar-refractivity contribution < 1.29 is 9.59 Å². The Bertz CT molecular complexity index is 1040. The average molecular weight is 335 g/mol. The molecule has 3 rings (SSSR count). The maximum Gasteiger partial charge on any atom is 0.264 e. The van der Waals surface area contributed by atoms with Crippen LogP contribution in [0.25, 0.3) is 10.9 Å². The number of benzene rings is 1. The summed E-state index contributed by atoms with van der Waals surface area (Å²) in [5.41, 5.74) is 5.50. The van der Waals surface area contributed by atoms with E-state index in [0.717, 1.165) is 4.57 Å². The van der Waals surface area contributed by atoms with Crippen LogP contribution in [0.4, 0.5) is 5.69 Å². The molecule has 0 bridgehead atoms. The highest BCUT2D eigenvalue weighted by Crippen LogP contribution is 2.45. The molecule has 1 fully saturated rings. The van der Waals surface area contributed by atoms with Gasteiger partial charge >= 0.3 is 0 Å². The monoisotopic (exact) mass is 336 g/mol. The standard InChI is InChI=1S/C14H9B5N4O3/c1-3-21-5-2-4(15)7(16)8(20)6(5)13(26)23(3)10-12(25)22-11(24)9(17)14(10,18)19/h2,9-10H,20H2,1H3,(H,22,24,25). The van der Waals surface area contributed by atoms with Crippen molar-refractivity contribution in [2.45, 2.75) is 24.0 Å². The zero-order valence-electron chi connectivity index (χ0n) is 13.8. The Labute approximate surface area is 155 Å². The summed E-state index contributed by atoms with van der Waals surface area (Å²) >= 11 is 0. The van der Waals surface area contributed by atoms with Crippen LogP contribution in [-0.4, -0.2) is 60.6 Å². The molecule has 1 aliphatic rings. The van der Waals surface area contributed by atoms with Gasteiger partial charge in [0.15, 0.2) is 0 Å². The van der Waals surface area contributed by atoms with Crippen LogP contribution in [0.5, 0.6) is 0 Å². The molecule has 1 saturated heterocycles. The number of imide groups is 1. The van der Waals surface area contributed by atoms with E-state index in [9.17, 15) is 14.4 Å². The number of fused-ring (bicyclic) bond motifs is 1. The van der Waals surface area contributed by atoms with Gasteiger partial charge in [-0.05, 0) is 18.8 Å². The fourth-order valence-electron chi connectivity index (χ4n) is 3.07. The molecule has 2 atom stereocenters. The maximum atomic E-state index is 13.1. The van der Waals surface area contributed by atoms with Crippen LogP contribution in [0.3, 0.4) is 0 Å². The number of nitrogens with zero attached hydrogens (tertiary/aromatic N) is 2. The smallest absolute Gasteiger partial charge is 0.264 e. The molecule has 0 spiro atoms. The third kappa shape index (κ3) is 2.42. The number of nitrogens with one attached hydrogen (secondary N) is 1. The van der Waals surface area contributed by atoms with Crippen LogP contribution in [0.2, 0.25) is 11.0 Å². The zero-order chi connectivity index (χ0) is 19.5. The lowest BCUT2D eigenvalue weighted by Gasteiger charge is -2.44. The molecular weight excluding hydrogens is 326 g/mol. The van der Waals surface area contributed by atoms with E-state index in [-0.39, 0.29) is 33.3 Å². The Morgan fingerprint density at radius 2 is 1.85 bits per heavy atom. The van der Waals surface area contributed by atoms with Crippen molar-refractivity contribution in [3.63, 3.8) is 0 Å². The maximum absolute atomic E-state index is 13.1. The van der Waals surface area contributed by atoms with Crippen molar-refractivity contribution in [3.05, 3.63) is 22.2 Å². The third-order valence-electron chi connectivity index (χ3n) is 4.53. The van der Waals surface area contributed by atoms with Gasteiger partial charge in [-0.1, -0.05) is 16.1 Å². The Balaban J connectivity index is 2.37. The molecular formula is C14H9B5N4O3. The molecule has 0 aliphatic carbocycles. The normalized spacial score (nSPS) is 22.3. The minimum Gasteiger partial charge on any atom is -0.399 e. The number of aromatic nitrogens is 2. The summed E-state index contributed by atoms with van der Waals surface area (Å²) in [4.78, 5) is 41.5. The lowest BCUT2D eigenvalue weighted by molar-refractivity contribution is -0.136. The molecule has 10 radical (unpaired) electrons. The van der Waals surface area contributed by atoms with E-state index >= 15 is 0 Å². The topological polar surface area (TPSA) is 107 Å². The Kier molecular flexibility index (Phi) is 4.12. The van der Waals surface area contributed by atoms with Crippen LogP contribution in [0.1, 0.15) is 11.9 Å². The number of piperidine rings is 1. The van der Waals surface area contributed by atoms with E-state index in [2.05, 4.69) is 4.98 Å². The zero-order valence-corrected chi connectivity index (χ0v) is 13.8. The first-order valence-electron chi connectivity index (χ1n) is 7.52. The summed E-state index contributed by atoms with van der Waals surface area (Å²) in [6, 6.07) is -0.0912. The lowest BCUT2D eigenvalue weighted by Crippen LogP contribution is -2.55. The molecule has 1 aliphatic heterocycles. The van der Waals surface area contributed by atoms with Crippen molar-refractivity contribution in [1.82, 2.24) is 14.9 Å². The molecule has 2 unspecified atom stereocenters. The van der Waals surface area contributed by atoms with E-state index in [4.69, 9.17) is 45.0 Å². The molecule has 2 amide bonds. The molecule has 1 aromatic carbocycles. The van der Waals surface area contributed by atoms with E-state index < -0.39 is 34.4 Å². The highest BCUT2D eigenvalue weighted by Gasteiger charge is 2.48. The number of nitrogens with two attached hydrogens (primary N) is 1. The van der Waals surface area contributed by atoms with Crippen LogP contribution < -0.4 is 27.5 Å². The van der Waals surface area contributed by atoms with Gasteiger partial charge in [0.2, 0.25) is 11.8 Å². The van der Waals surface area contributed by atoms with Crippen LogP contribution >= 0.6 is 0 Å². The highest BCUT2D eigenvalue weighted by atomic mass is 16.2. The first-order chi connectivity index (χ1) is 12.0. The molecule has 1 aromatic heterocycles. The van der Waals surface area contributed by atoms with E-state index in [0.29, 0.717) is 0 Å². The fourth-order valence-corrected chi connectivity index (χ4v) is 3.07. The molecule has 26 heavy (non-hydrogen) atoms. The predicted octanol–water partition coefficient (Wildman–Crippen LogP) is -3.52. The van der Waals surface area contributed by atoms with Crippen molar-refractivity contribution in [2.24, 2.45) is 0 Å². The molecule has 12 heteroatoms. The first-order valence-corrected chi connectivity index (χ1v) is 7.52. The number of amides is 2. The van der Waals surface area contributed by atoms with Gasteiger partial charge < -0.3 is 5.73 Å². The van der Waals surface area contributed by atoms with Crippen LogP contribution in [0.15, 0.2) is 10.9 Å². The largest absolute Gasteiger partial charge is 0.399 e. The first kappa shape index (κ1) is 18.4. The summed E-state index contributed by atoms with van der Waals surface area (Å²) in [6.07, 6.45) is 0. The van der Waals surface area contributed by atoms with E-state index in [1.54, 1.807) is 0 Å². The number of nitrogen functional groups attached to an aromatic ring is 1. The van der Waals surface area contributed by atoms with Gasteiger partial charge in [0.25, 0.3) is 5.56 Å². The number of rotatable bonds is 1. The van der Waals surface area contributed by atoms with Gasteiger partial charge in [-0.15, -0.1) is 0 Å². The Morgan fingerprint density at radius 1 is 1.23 bits per heavy atom. The van der Waals surface area contributed by atoms with Gasteiger partial charge in [0.05, 0.1) is 34.4 Å². The number of hydrogen-bond donors (Lipinski definition) is 2. The van der Waals surface area contributed by atoms with Gasteiger partial charge in [-0.3, -0.25) is 24.3 Å². The van der Waals surface area contributed by atoms with Gasteiger partial charge in [-0.25, -0.2) is 4.98 Å². The van der Waals surface area contributed by atoms with Crippen molar-refractivity contribution in [2.75, 3.05) is 5.73 Å². The third-order valence-corrected chi connectivity index (χ3v) is 4.53. The molecule has 3 N–H and O–H groups in total. The van der Waals surface area contributed by atoms with Gasteiger partial charge in [-0.2, -0.15) is 0 Å². The number of carbonyl (C=O) groups is 2. The summed E-state index contributed by atoms with van der Waals surface area (Å²) < 4.78 is 0.954. The Hall–Kier alpha value is -2.38. The van der Waals surface area contributed by atoms with Crippen molar-refractivity contribution in [3.8, 4) is 0 Å². The minimum absolute atomic E-state index is 0.0125. The van der Waals surface area contributed by atoms with E-state index in [1.807, 2.05) is 5.32 Å². The molecule has 7 nitrogen and oxygen atoms in total.